The summed E-state index contributed by atoms with van der Waals surface area (Å²) < 4.78 is 0. The third-order valence-corrected chi connectivity index (χ3v) is 1.77. The number of amides is 1. The van der Waals surface area contributed by atoms with Crippen LogP contribution in [0.25, 0.3) is 0 Å². The number of nitrogens with one attached hydrogen (secondary N) is 1. The highest BCUT2D eigenvalue weighted by Gasteiger charge is 2.00. The molecule has 0 heterocycles. The van der Waals surface area contributed by atoms with E-state index in [0.717, 1.165) is 11.6 Å². The molecular weight excluding hydrogens is 210 g/mol. The maximum absolute atomic E-state index is 11.3. The van der Waals surface area contributed by atoms with E-state index in [0.29, 0.717) is 6.08 Å². The zero-order chi connectivity index (χ0) is 12.1. The van der Waals surface area contributed by atoms with Gasteiger partial charge in [0, 0.05) is 17.8 Å². The van der Waals surface area contributed by atoms with E-state index in [1.807, 2.05) is 0 Å². The number of hydrogen-bond acceptors (Lipinski definition) is 3. The van der Waals surface area contributed by atoms with Crippen molar-refractivity contribution in [3.63, 3.8) is 0 Å². The van der Waals surface area contributed by atoms with E-state index in [-0.39, 0.29) is 11.4 Å². The van der Waals surface area contributed by atoms with E-state index in [4.69, 9.17) is 5.11 Å². The lowest BCUT2D eigenvalue weighted by Crippen LogP contribution is -2.11. The quantitative estimate of drug-likeness (QED) is 0.732. The monoisotopic (exact) mass is 220 g/mol. The second kappa shape index (κ2) is 4.97. The van der Waals surface area contributed by atoms with Crippen molar-refractivity contribution >= 4 is 17.6 Å². The molecule has 0 aliphatic heterocycles. The van der Waals surface area contributed by atoms with Gasteiger partial charge in [-0.05, 0) is 18.6 Å². The lowest BCUT2D eigenvalue weighted by atomic mass is 10.2. The molecule has 0 aliphatic carbocycles. The van der Waals surface area contributed by atoms with Gasteiger partial charge in [-0.15, -0.1) is 0 Å². The molecule has 0 saturated heterocycles. The zero-order valence-corrected chi connectivity index (χ0v) is 8.56. The van der Waals surface area contributed by atoms with Crippen LogP contribution in [0.4, 0.5) is 5.69 Å². The predicted molar refractivity (Wildman–Crippen MR) is 56.0 cm³/mol. The van der Waals surface area contributed by atoms with Crippen molar-refractivity contribution in [2.75, 3.05) is 5.32 Å². The Labute approximate surface area is 92.0 Å². The molecule has 0 aliphatic rings. The van der Waals surface area contributed by atoms with Crippen LogP contribution in [-0.4, -0.2) is 17.0 Å². The maximum atomic E-state index is 11.3. The molecule has 1 aromatic rings. The molecule has 84 valence electrons. The summed E-state index contributed by atoms with van der Waals surface area (Å²) >= 11 is 0. The van der Waals surface area contributed by atoms with E-state index in [2.05, 4.69) is 5.32 Å². The summed E-state index contributed by atoms with van der Waals surface area (Å²) in [7, 11) is 0. The molecule has 0 radical (unpaired) electrons. The topological polar surface area (TPSA) is 89.5 Å². The Morgan fingerprint density at radius 1 is 1.38 bits per heavy atom. The number of carboxylic acids is 1. The molecule has 5 heteroatoms. The summed E-state index contributed by atoms with van der Waals surface area (Å²) in [4.78, 5) is 21.3. The first kappa shape index (κ1) is 11.8. The summed E-state index contributed by atoms with van der Waals surface area (Å²) in [6.07, 6.45) is 1.56. The molecular formula is C11H10NO4-. The van der Waals surface area contributed by atoms with Gasteiger partial charge >= 0.3 is 5.97 Å². The largest absolute Gasteiger partial charge is 0.871 e. The molecule has 1 amide bonds. The van der Waals surface area contributed by atoms with Crippen LogP contribution >= 0.6 is 0 Å². The third-order valence-electron chi connectivity index (χ3n) is 1.77. The predicted octanol–water partition coefficient (Wildman–Crippen LogP) is 0.648. The van der Waals surface area contributed by atoms with Gasteiger partial charge in [0.05, 0.1) is 0 Å². The van der Waals surface area contributed by atoms with Gasteiger partial charge in [-0.2, -0.15) is 0 Å². The fourth-order valence-corrected chi connectivity index (χ4v) is 1.06. The smallest absolute Gasteiger partial charge is 0.328 e. The first-order chi connectivity index (χ1) is 7.49. The maximum Gasteiger partial charge on any atom is 0.328 e. The van der Waals surface area contributed by atoms with E-state index in [1.165, 1.54) is 12.1 Å². The van der Waals surface area contributed by atoms with Crippen molar-refractivity contribution in [3.05, 3.63) is 35.9 Å². The molecule has 2 N–H and O–H groups in total. The van der Waals surface area contributed by atoms with Crippen molar-refractivity contribution in [3.8, 4) is 5.75 Å². The Hall–Kier alpha value is -2.30. The highest BCUT2D eigenvalue weighted by molar-refractivity contribution is 6.03. The minimum atomic E-state index is -1.22. The second-order valence-electron chi connectivity index (χ2n) is 3.16. The van der Waals surface area contributed by atoms with Gasteiger partial charge in [-0.1, -0.05) is 17.9 Å². The first-order valence-corrected chi connectivity index (χ1v) is 4.48. The average molecular weight is 220 g/mol. The van der Waals surface area contributed by atoms with Crippen LogP contribution in [0.5, 0.6) is 5.75 Å². The van der Waals surface area contributed by atoms with Gasteiger partial charge in [0.25, 0.3) is 0 Å². The second-order valence-corrected chi connectivity index (χ2v) is 3.16. The van der Waals surface area contributed by atoms with Crippen LogP contribution in [0.15, 0.2) is 30.4 Å². The van der Waals surface area contributed by atoms with Gasteiger partial charge in [-0.25, -0.2) is 4.79 Å². The fourth-order valence-electron chi connectivity index (χ4n) is 1.06. The number of aliphatic carboxylic acids is 1. The van der Waals surface area contributed by atoms with Crippen molar-refractivity contribution in [2.24, 2.45) is 0 Å². The van der Waals surface area contributed by atoms with Gasteiger partial charge in [-0.3, -0.25) is 4.79 Å². The lowest BCUT2D eigenvalue weighted by molar-refractivity contribution is -0.267. The summed E-state index contributed by atoms with van der Waals surface area (Å²) in [5, 5.41) is 21.9. The SMILES string of the molecule is Cc1ccc([O-])c(NC(=O)C=CC(=O)O)c1. The van der Waals surface area contributed by atoms with E-state index in [9.17, 15) is 14.7 Å². The Balaban J connectivity index is 2.77. The van der Waals surface area contributed by atoms with Crippen LogP contribution in [0.1, 0.15) is 5.56 Å². The number of carbonyl (C=O) groups is 2. The van der Waals surface area contributed by atoms with Gasteiger partial charge < -0.3 is 15.5 Å². The van der Waals surface area contributed by atoms with Crippen LogP contribution in [0.2, 0.25) is 0 Å². The van der Waals surface area contributed by atoms with Crippen LogP contribution < -0.4 is 10.4 Å². The van der Waals surface area contributed by atoms with Crippen molar-refractivity contribution in [1.29, 1.82) is 0 Å². The molecule has 1 rings (SSSR count). The molecule has 5 nitrogen and oxygen atoms in total. The summed E-state index contributed by atoms with van der Waals surface area (Å²) in [6, 6.07) is 4.49. The number of rotatable bonds is 3. The molecule has 0 bridgehead atoms. The van der Waals surface area contributed by atoms with E-state index >= 15 is 0 Å². The number of hydrogen-bond donors (Lipinski definition) is 2. The Morgan fingerprint density at radius 2 is 2.06 bits per heavy atom. The molecule has 1 aromatic carbocycles. The van der Waals surface area contributed by atoms with E-state index in [1.54, 1.807) is 13.0 Å². The first-order valence-electron chi connectivity index (χ1n) is 4.48. The fraction of sp³-hybridized carbons (Fsp3) is 0.0909. The zero-order valence-electron chi connectivity index (χ0n) is 8.56. The standard InChI is InChI=1S/C11H11NO4/c1-7-2-3-9(13)8(6-7)12-10(14)4-5-11(15)16/h2-6,13H,1H3,(H,12,14)(H,15,16)/p-1. The van der Waals surface area contributed by atoms with Crippen LogP contribution in [0, 0.1) is 6.92 Å². The molecule has 0 atom stereocenters. The number of carbonyl (C=O) groups excluding carboxylic acids is 1. The summed E-state index contributed by atoms with van der Waals surface area (Å²) in [6.45, 7) is 1.78. The number of aryl methyl sites for hydroxylation is 1. The minimum Gasteiger partial charge on any atom is -0.871 e. The summed E-state index contributed by atoms with van der Waals surface area (Å²) in [5.74, 6) is -2.19. The highest BCUT2D eigenvalue weighted by atomic mass is 16.4. The molecule has 0 unspecified atom stereocenters. The minimum absolute atomic E-state index is 0.139. The highest BCUT2D eigenvalue weighted by Crippen LogP contribution is 2.20. The Bertz CT molecular complexity index is 451. The molecule has 0 spiro atoms. The van der Waals surface area contributed by atoms with Crippen LogP contribution in [-0.2, 0) is 9.59 Å². The molecule has 0 saturated carbocycles. The average Bonchev–Trinajstić information content (AvgIpc) is 2.20. The molecule has 0 aromatic heterocycles. The van der Waals surface area contributed by atoms with Crippen molar-refractivity contribution in [1.82, 2.24) is 0 Å². The number of benzene rings is 1. The van der Waals surface area contributed by atoms with E-state index < -0.39 is 11.9 Å². The Morgan fingerprint density at radius 3 is 2.69 bits per heavy atom. The molecule has 16 heavy (non-hydrogen) atoms. The van der Waals surface area contributed by atoms with Crippen molar-refractivity contribution < 1.29 is 19.8 Å². The summed E-state index contributed by atoms with van der Waals surface area (Å²) in [5.41, 5.74) is 0.970. The number of anilines is 1. The number of carboxylic acid groups (broad SMARTS) is 1. The molecule has 0 fully saturated rings. The van der Waals surface area contributed by atoms with Crippen LogP contribution in [0.3, 0.4) is 0 Å². The van der Waals surface area contributed by atoms with Crippen molar-refractivity contribution in [2.45, 2.75) is 6.92 Å². The lowest BCUT2D eigenvalue weighted by Gasteiger charge is -2.13. The van der Waals surface area contributed by atoms with Gasteiger partial charge in [0.2, 0.25) is 5.91 Å². The normalized spacial score (nSPS) is 10.3. The third kappa shape index (κ3) is 3.45. The Kier molecular flexibility index (Phi) is 3.66. The van der Waals surface area contributed by atoms with Gasteiger partial charge in [0.15, 0.2) is 0 Å². The van der Waals surface area contributed by atoms with Gasteiger partial charge in [0.1, 0.15) is 0 Å².